The van der Waals surface area contributed by atoms with E-state index in [2.05, 4.69) is 0 Å². The van der Waals surface area contributed by atoms with Crippen LogP contribution in [-0.4, -0.2) is 37.4 Å². The van der Waals surface area contributed by atoms with E-state index in [1.54, 1.807) is 6.07 Å². The van der Waals surface area contributed by atoms with E-state index in [1.807, 2.05) is 19.1 Å². The Morgan fingerprint density at radius 1 is 1.43 bits per heavy atom. The second kappa shape index (κ2) is 7.31. The number of nitrogens with one attached hydrogen (secondary N) is 1. The number of rotatable bonds is 5. The number of hydrogen-bond acceptors (Lipinski definition) is 4. The van der Waals surface area contributed by atoms with Crippen molar-refractivity contribution >= 4 is 5.97 Å². The Bertz CT molecular complexity index is 489. The molecule has 1 fully saturated rings. The molecule has 1 saturated heterocycles. The van der Waals surface area contributed by atoms with E-state index in [4.69, 9.17) is 9.47 Å². The summed E-state index contributed by atoms with van der Waals surface area (Å²) in [7, 11) is 1.54. The molecular formula is C16H24NO4+. The number of piperidine rings is 1. The molecule has 1 aliphatic heterocycles. The third-order valence-corrected chi connectivity index (χ3v) is 3.98. The Hall–Kier alpha value is -1.75. The van der Waals surface area contributed by atoms with Gasteiger partial charge in [0.2, 0.25) is 0 Å². The lowest BCUT2D eigenvalue weighted by Gasteiger charge is -2.31. The molecule has 2 N–H and O–H groups in total. The third kappa shape index (κ3) is 3.88. The van der Waals surface area contributed by atoms with Crippen LogP contribution in [-0.2, 0) is 16.1 Å². The van der Waals surface area contributed by atoms with Crippen LogP contribution in [0.5, 0.6) is 11.5 Å². The van der Waals surface area contributed by atoms with Crippen molar-refractivity contribution in [3.05, 3.63) is 23.8 Å². The van der Waals surface area contributed by atoms with Crippen molar-refractivity contribution in [2.24, 2.45) is 0 Å². The molecule has 1 aliphatic rings. The zero-order valence-electron chi connectivity index (χ0n) is 12.7. The van der Waals surface area contributed by atoms with Crippen LogP contribution in [0.2, 0.25) is 0 Å². The molecule has 1 unspecified atom stereocenters. The molecule has 116 valence electrons. The molecule has 2 atom stereocenters. The summed E-state index contributed by atoms with van der Waals surface area (Å²) in [5.74, 6) is 0.506. The van der Waals surface area contributed by atoms with Crippen LogP contribution in [0.1, 0.15) is 31.7 Å². The number of methoxy groups -OCH3 is 1. The minimum absolute atomic E-state index is 0.0847. The van der Waals surface area contributed by atoms with Gasteiger partial charge in [-0.3, -0.25) is 0 Å². The molecule has 2 rings (SSSR count). The topological polar surface area (TPSA) is 60.2 Å². The van der Waals surface area contributed by atoms with E-state index < -0.39 is 0 Å². The van der Waals surface area contributed by atoms with Gasteiger partial charge in [0, 0.05) is 12.0 Å². The highest BCUT2D eigenvalue weighted by Gasteiger charge is 2.33. The molecule has 1 aromatic rings. The molecular weight excluding hydrogens is 270 g/mol. The van der Waals surface area contributed by atoms with Crippen LogP contribution in [0, 0.1) is 0 Å². The molecule has 5 nitrogen and oxygen atoms in total. The van der Waals surface area contributed by atoms with Gasteiger partial charge in [0.15, 0.2) is 17.5 Å². The van der Waals surface area contributed by atoms with E-state index in [0.717, 1.165) is 37.9 Å². The zero-order valence-corrected chi connectivity index (χ0v) is 12.7. The van der Waals surface area contributed by atoms with Gasteiger partial charge in [0.25, 0.3) is 0 Å². The van der Waals surface area contributed by atoms with E-state index in [0.29, 0.717) is 12.4 Å². The van der Waals surface area contributed by atoms with Crippen molar-refractivity contribution in [1.29, 1.82) is 0 Å². The van der Waals surface area contributed by atoms with E-state index in [9.17, 15) is 9.90 Å². The van der Waals surface area contributed by atoms with Crippen LogP contribution in [0.25, 0.3) is 0 Å². The number of hydrogen-bond donors (Lipinski definition) is 2. The van der Waals surface area contributed by atoms with Gasteiger partial charge in [-0.1, -0.05) is 0 Å². The summed E-state index contributed by atoms with van der Waals surface area (Å²) in [4.78, 5) is 13.3. The van der Waals surface area contributed by atoms with Gasteiger partial charge in [0.1, 0.15) is 6.54 Å². The summed E-state index contributed by atoms with van der Waals surface area (Å²) in [5.41, 5.74) is 1.05. The third-order valence-electron chi connectivity index (χ3n) is 3.98. The monoisotopic (exact) mass is 294 g/mol. The van der Waals surface area contributed by atoms with Gasteiger partial charge in [-0.05, 0) is 38.0 Å². The minimum atomic E-state index is -0.0991. The number of ether oxygens (including phenoxy) is 2. The summed E-state index contributed by atoms with van der Waals surface area (Å²) < 4.78 is 10.3. The SMILES string of the molecule is CCOC(=O)[C@@H]1CCCC[NH+]1Cc1ccc(O)c(OC)c1. The Kier molecular flexibility index (Phi) is 5.44. The van der Waals surface area contributed by atoms with Crippen molar-refractivity contribution < 1.29 is 24.3 Å². The van der Waals surface area contributed by atoms with E-state index in [-0.39, 0.29) is 17.8 Å². The van der Waals surface area contributed by atoms with Crippen LogP contribution in [0.15, 0.2) is 18.2 Å². The molecule has 0 spiro atoms. The van der Waals surface area contributed by atoms with Gasteiger partial charge >= 0.3 is 5.97 Å². The number of phenols is 1. The number of benzene rings is 1. The van der Waals surface area contributed by atoms with Gasteiger partial charge in [-0.2, -0.15) is 0 Å². The molecule has 5 heteroatoms. The summed E-state index contributed by atoms with van der Waals surface area (Å²) in [6, 6.07) is 5.26. The second-order valence-electron chi connectivity index (χ2n) is 5.39. The minimum Gasteiger partial charge on any atom is -0.504 e. The number of carbonyl (C=O) groups is 1. The fourth-order valence-corrected chi connectivity index (χ4v) is 2.91. The Balaban J connectivity index is 2.10. The number of carbonyl (C=O) groups excluding carboxylic acids is 1. The maximum absolute atomic E-state index is 12.1. The highest BCUT2D eigenvalue weighted by Crippen LogP contribution is 2.26. The quantitative estimate of drug-likeness (QED) is 0.792. The van der Waals surface area contributed by atoms with Crippen molar-refractivity contribution in [3.63, 3.8) is 0 Å². The van der Waals surface area contributed by atoms with Crippen LogP contribution >= 0.6 is 0 Å². The zero-order chi connectivity index (χ0) is 15.2. The lowest BCUT2D eigenvalue weighted by molar-refractivity contribution is -0.935. The molecule has 0 bridgehead atoms. The Labute approximate surface area is 125 Å². The normalized spacial score (nSPS) is 21.8. The first kappa shape index (κ1) is 15.6. The van der Waals surface area contributed by atoms with Gasteiger partial charge < -0.3 is 19.5 Å². The second-order valence-corrected chi connectivity index (χ2v) is 5.39. The first-order chi connectivity index (χ1) is 10.2. The number of esters is 1. The van der Waals surface area contributed by atoms with Gasteiger partial charge in [-0.25, -0.2) is 4.79 Å². The average Bonchev–Trinajstić information content (AvgIpc) is 2.50. The van der Waals surface area contributed by atoms with Gasteiger partial charge in [0.05, 0.1) is 20.3 Å². The number of quaternary nitrogens is 1. The van der Waals surface area contributed by atoms with Crippen molar-refractivity contribution in [3.8, 4) is 11.5 Å². The molecule has 0 saturated carbocycles. The molecule has 1 heterocycles. The summed E-state index contributed by atoms with van der Waals surface area (Å²) in [5, 5.41) is 9.65. The van der Waals surface area contributed by atoms with Crippen molar-refractivity contribution in [2.75, 3.05) is 20.3 Å². The summed E-state index contributed by atoms with van der Waals surface area (Å²) >= 11 is 0. The summed E-state index contributed by atoms with van der Waals surface area (Å²) in [6.07, 6.45) is 3.08. The highest BCUT2D eigenvalue weighted by molar-refractivity contribution is 5.74. The predicted molar refractivity (Wildman–Crippen MR) is 78.5 cm³/mol. The van der Waals surface area contributed by atoms with Crippen molar-refractivity contribution in [1.82, 2.24) is 0 Å². The number of phenolic OH excluding ortho intramolecular Hbond substituents is 1. The Morgan fingerprint density at radius 3 is 2.95 bits per heavy atom. The lowest BCUT2D eigenvalue weighted by atomic mass is 10.0. The standard InChI is InChI=1S/C16H23NO4/c1-3-21-16(19)13-6-4-5-9-17(13)11-12-7-8-14(18)15(10-12)20-2/h7-8,10,13,18H,3-6,9,11H2,1-2H3/p+1/t13-/m0/s1. The molecule has 1 aromatic carbocycles. The highest BCUT2D eigenvalue weighted by atomic mass is 16.5. The van der Waals surface area contributed by atoms with Crippen LogP contribution in [0.3, 0.4) is 0 Å². The maximum Gasteiger partial charge on any atom is 0.364 e. The van der Waals surface area contributed by atoms with E-state index >= 15 is 0 Å². The average molecular weight is 294 g/mol. The molecule has 0 amide bonds. The molecule has 0 radical (unpaired) electrons. The fraction of sp³-hybridized carbons (Fsp3) is 0.562. The van der Waals surface area contributed by atoms with Crippen LogP contribution < -0.4 is 9.64 Å². The van der Waals surface area contributed by atoms with Crippen LogP contribution in [0.4, 0.5) is 0 Å². The first-order valence-corrected chi connectivity index (χ1v) is 7.52. The molecule has 0 aromatic heterocycles. The number of likely N-dealkylation sites (tertiary alicyclic amines) is 1. The molecule has 0 aliphatic carbocycles. The Morgan fingerprint density at radius 2 is 2.24 bits per heavy atom. The first-order valence-electron chi connectivity index (χ1n) is 7.52. The number of aromatic hydroxyl groups is 1. The molecule has 21 heavy (non-hydrogen) atoms. The van der Waals surface area contributed by atoms with E-state index in [1.165, 1.54) is 12.0 Å². The largest absolute Gasteiger partial charge is 0.504 e. The fourth-order valence-electron chi connectivity index (χ4n) is 2.91. The lowest BCUT2D eigenvalue weighted by Crippen LogP contribution is -3.16. The predicted octanol–water partition coefficient (Wildman–Crippen LogP) is 0.901. The smallest absolute Gasteiger partial charge is 0.364 e. The van der Waals surface area contributed by atoms with Crippen molar-refractivity contribution in [2.45, 2.75) is 38.8 Å². The van der Waals surface area contributed by atoms with Gasteiger partial charge in [-0.15, -0.1) is 0 Å². The maximum atomic E-state index is 12.1. The summed E-state index contributed by atoms with van der Waals surface area (Å²) in [6.45, 7) is 3.97.